The van der Waals surface area contributed by atoms with E-state index in [9.17, 15) is 13.6 Å². The summed E-state index contributed by atoms with van der Waals surface area (Å²) in [4.78, 5) is 20.3. The summed E-state index contributed by atoms with van der Waals surface area (Å²) in [5.74, 6) is 0.191. The van der Waals surface area contributed by atoms with Crippen LogP contribution in [0.5, 0.6) is 0 Å². The number of amides is 1. The lowest BCUT2D eigenvalue weighted by atomic mass is 10.0. The lowest BCUT2D eigenvalue weighted by Crippen LogP contribution is -2.07. The van der Waals surface area contributed by atoms with Crippen molar-refractivity contribution in [2.45, 2.75) is 25.7 Å². The predicted octanol–water partition coefficient (Wildman–Crippen LogP) is 4.04. The maximum Gasteiger partial charge on any atom is 0.263 e. The minimum Gasteiger partial charge on any atom is -0.381 e. The number of rotatable bonds is 4. The summed E-state index contributed by atoms with van der Waals surface area (Å²) in [7, 11) is 1.86. The molecule has 0 radical (unpaired) electrons. The number of nitrogens with one attached hydrogen (secondary N) is 1. The Morgan fingerprint density at radius 2 is 2.18 bits per heavy atom. The average molecular weight is 386 g/mol. The first-order valence-corrected chi connectivity index (χ1v) is 9.03. The molecule has 6 nitrogen and oxygen atoms in total. The number of aryl methyl sites for hydroxylation is 1. The van der Waals surface area contributed by atoms with Gasteiger partial charge in [-0.1, -0.05) is 0 Å². The molecule has 0 spiro atoms. The standard InChI is InChI=1S/C20H20F2N4O2/c1-11(27)24-19-7-14-15(9-26(2)18(14)8-23-19)17-6-13(20(21)22)5-16(25-17)12-3-4-28-10-12/h5-9,12,20H,3-4,10H2,1-2H3,(H,23,24,27). The highest BCUT2D eigenvalue weighted by Crippen LogP contribution is 2.35. The number of alkyl halides is 2. The number of halogens is 2. The molecule has 1 N–H and O–H groups in total. The van der Waals surface area contributed by atoms with Crippen molar-refractivity contribution in [3.05, 3.63) is 41.9 Å². The Kier molecular flexibility index (Phi) is 4.80. The van der Waals surface area contributed by atoms with E-state index in [-0.39, 0.29) is 17.4 Å². The molecule has 0 bridgehead atoms. The number of fused-ring (bicyclic) bond motifs is 1. The van der Waals surface area contributed by atoms with Crippen molar-refractivity contribution >= 4 is 22.6 Å². The third kappa shape index (κ3) is 3.47. The van der Waals surface area contributed by atoms with Gasteiger partial charge in [-0.2, -0.15) is 0 Å². The van der Waals surface area contributed by atoms with Gasteiger partial charge >= 0.3 is 0 Å². The van der Waals surface area contributed by atoms with Gasteiger partial charge in [0, 0.05) is 54.9 Å². The summed E-state index contributed by atoms with van der Waals surface area (Å²) in [6.45, 7) is 2.51. The molecule has 0 saturated carbocycles. The minimum atomic E-state index is -2.59. The Bertz CT molecular complexity index is 1040. The van der Waals surface area contributed by atoms with E-state index >= 15 is 0 Å². The highest BCUT2D eigenvalue weighted by atomic mass is 19.3. The van der Waals surface area contributed by atoms with Crippen LogP contribution < -0.4 is 5.32 Å². The van der Waals surface area contributed by atoms with Gasteiger partial charge in [0.1, 0.15) is 5.82 Å². The molecular weight excluding hydrogens is 366 g/mol. The number of nitrogens with zero attached hydrogens (tertiary/aromatic N) is 3. The molecule has 1 fully saturated rings. The van der Waals surface area contributed by atoms with Crippen molar-refractivity contribution in [2.24, 2.45) is 7.05 Å². The Hall–Kier alpha value is -2.87. The van der Waals surface area contributed by atoms with Crippen molar-refractivity contribution in [3.8, 4) is 11.3 Å². The largest absolute Gasteiger partial charge is 0.381 e. The number of aromatic nitrogens is 3. The van der Waals surface area contributed by atoms with E-state index in [2.05, 4.69) is 15.3 Å². The van der Waals surface area contributed by atoms with E-state index in [0.29, 0.717) is 36.0 Å². The minimum absolute atomic E-state index is 0.0176. The molecule has 4 rings (SSSR count). The average Bonchev–Trinajstić information content (AvgIpc) is 3.29. The molecule has 1 atom stereocenters. The Balaban J connectivity index is 1.87. The van der Waals surface area contributed by atoms with E-state index in [0.717, 1.165) is 17.3 Å². The number of anilines is 1. The molecule has 4 heterocycles. The van der Waals surface area contributed by atoms with Crippen LogP contribution in [0.2, 0.25) is 0 Å². The van der Waals surface area contributed by atoms with Gasteiger partial charge in [-0.25, -0.2) is 13.8 Å². The van der Waals surface area contributed by atoms with E-state index < -0.39 is 6.43 Å². The van der Waals surface area contributed by atoms with Gasteiger partial charge in [0.15, 0.2) is 0 Å². The summed E-state index contributed by atoms with van der Waals surface area (Å²) in [5.41, 5.74) is 2.58. The van der Waals surface area contributed by atoms with Gasteiger partial charge in [0.25, 0.3) is 6.43 Å². The number of pyridine rings is 2. The summed E-state index contributed by atoms with van der Waals surface area (Å²) in [6, 6.07) is 4.64. The van der Waals surface area contributed by atoms with Crippen LogP contribution >= 0.6 is 0 Å². The first-order chi connectivity index (χ1) is 13.4. The van der Waals surface area contributed by atoms with Crippen molar-refractivity contribution in [1.82, 2.24) is 14.5 Å². The van der Waals surface area contributed by atoms with Crippen LogP contribution in [0.4, 0.5) is 14.6 Å². The zero-order valence-corrected chi connectivity index (χ0v) is 15.6. The number of ether oxygens (including phenoxy) is 1. The lowest BCUT2D eigenvalue weighted by Gasteiger charge is -2.12. The fourth-order valence-electron chi connectivity index (χ4n) is 3.55. The zero-order chi connectivity index (χ0) is 19.8. The van der Waals surface area contributed by atoms with Gasteiger partial charge in [-0.05, 0) is 24.6 Å². The molecule has 1 aliphatic rings. The van der Waals surface area contributed by atoms with Gasteiger partial charge in [0.2, 0.25) is 5.91 Å². The molecule has 1 aliphatic heterocycles. The molecule has 1 amide bonds. The molecule has 3 aromatic rings. The van der Waals surface area contributed by atoms with Crippen LogP contribution in [-0.2, 0) is 16.6 Å². The second kappa shape index (κ2) is 7.27. The van der Waals surface area contributed by atoms with Crippen molar-refractivity contribution in [3.63, 3.8) is 0 Å². The molecule has 0 aromatic carbocycles. The second-order valence-electron chi connectivity index (χ2n) is 6.99. The Morgan fingerprint density at radius 1 is 1.36 bits per heavy atom. The van der Waals surface area contributed by atoms with Crippen LogP contribution in [0.15, 0.2) is 30.6 Å². The normalized spacial score (nSPS) is 16.8. The third-order valence-corrected chi connectivity index (χ3v) is 4.92. The number of hydrogen-bond donors (Lipinski definition) is 1. The fourth-order valence-corrected chi connectivity index (χ4v) is 3.55. The first-order valence-electron chi connectivity index (χ1n) is 9.03. The second-order valence-corrected chi connectivity index (χ2v) is 6.99. The Labute approximate surface area is 160 Å². The quantitative estimate of drug-likeness (QED) is 0.735. The van der Waals surface area contributed by atoms with E-state index in [1.165, 1.54) is 19.1 Å². The molecule has 1 unspecified atom stereocenters. The maximum absolute atomic E-state index is 13.5. The lowest BCUT2D eigenvalue weighted by molar-refractivity contribution is -0.114. The summed E-state index contributed by atoms with van der Waals surface area (Å²) >= 11 is 0. The highest BCUT2D eigenvalue weighted by Gasteiger charge is 2.23. The number of carbonyl (C=O) groups is 1. The molecule has 3 aromatic heterocycles. The third-order valence-electron chi connectivity index (χ3n) is 4.92. The summed E-state index contributed by atoms with van der Waals surface area (Å²) in [6.07, 6.45) is 1.67. The first kappa shape index (κ1) is 18.5. The van der Waals surface area contributed by atoms with Crippen molar-refractivity contribution < 1.29 is 18.3 Å². The van der Waals surface area contributed by atoms with Crippen LogP contribution in [0.25, 0.3) is 22.2 Å². The maximum atomic E-state index is 13.5. The molecule has 8 heteroatoms. The Morgan fingerprint density at radius 3 is 2.86 bits per heavy atom. The van der Waals surface area contributed by atoms with Gasteiger partial charge < -0.3 is 14.6 Å². The topological polar surface area (TPSA) is 69.0 Å². The number of hydrogen-bond acceptors (Lipinski definition) is 4. The van der Waals surface area contributed by atoms with Gasteiger partial charge in [-0.3, -0.25) is 9.78 Å². The smallest absolute Gasteiger partial charge is 0.263 e. The fraction of sp³-hybridized carbons (Fsp3) is 0.350. The molecule has 1 saturated heterocycles. The molecular formula is C20H20F2N4O2. The number of carbonyl (C=O) groups excluding carboxylic acids is 1. The van der Waals surface area contributed by atoms with Gasteiger partial charge in [-0.15, -0.1) is 0 Å². The van der Waals surface area contributed by atoms with Crippen LogP contribution in [0.3, 0.4) is 0 Å². The monoisotopic (exact) mass is 386 g/mol. The van der Waals surface area contributed by atoms with Crippen LogP contribution in [-0.4, -0.2) is 33.7 Å². The van der Waals surface area contributed by atoms with E-state index in [4.69, 9.17) is 4.74 Å². The van der Waals surface area contributed by atoms with Crippen molar-refractivity contribution in [1.29, 1.82) is 0 Å². The summed E-state index contributed by atoms with van der Waals surface area (Å²) < 4.78 is 34.3. The summed E-state index contributed by atoms with van der Waals surface area (Å²) in [5, 5.41) is 3.44. The van der Waals surface area contributed by atoms with Gasteiger partial charge in [0.05, 0.1) is 24.0 Å². The van der Waals surface area contributed by atoms with Crippen molar-refractivity contribution in [2.75, 3.05) is 18.5 Å². The molecule has 146 valence electrons. The van der Waals surface area contributed by atoms with Crippen LogP contribution in [0.1, 0.15) is 36.9 Å². The van der Waals surface area contributed by atoms with Crippen LogP contribution in [0, 0.1) is 0 Å². The highest BCUT2D eigenvalue weighted by molar-refractivity contribution is 5.98. The molecule has 28 heavy (non-hydrogen) atoms. The zero-order valence-electron chi connectivity index (χ0n) is 15.6. The van der Waals surface area contributed by atoms with E-state index in [1.54, 1.807) is 12.3 Å². The molecule has 0 aliphatic carbocycles. The predicted molar refractivity (Wildman–Crippen MR) is 101 cm³/mol. The van der Waals surface area contributed by atoms with E-state index in [1.807, 2.05) is 17.8 Å². The SMILES string of the molecule is CC(=O)Nc1cc2c(-c3cc(C(F)F)cc(C4CCOC4)n3)cn(C)c2cn1.